The van der Waals surface area contributed by atoms with E-state index in [2.05, 4.69) is 76.3 Å². The SMILES string of the molecule is CCN1C=CC=C(Br)B1c1ccccc1. The number of nitrogens with zero attached hydrogens (tertiary/aromatic N) is 1. The van der Waals surface area contributed by atoms with Crippen LogP contribution in [0.15, 0.2) is 53.1 Å². The maximum atomic E-state index is 3.64. The van der Waals surface area contributed by atoms with Crippen LogP contribution in [0.1, 0.15) is 6.92 Å². The Morgan fingerprint density at radius 1 is 1.27 bits per heavy atom. The normalized spacial score (nSPS) is 15.5. The van der Waals surface area contributed by atoms with Crippen molar-refractivity contribution in [2.45, 2.75) is 6.92 Å². The van der Waals surface area contributed by atoms with Crippen LogP contribution in [0.5, 0.6) is 0 Å². The topological polar surface area (TPSA) is 3.24 Å². The highest BCUT2D eigenvalue weighted by molar-refractivity contribution is 9.12. The zero-order valence-electron chi connectivity index (χ0n) is 8.73. The zero-order chi connectivity index (χ0) is 10.7. The second-order valence-corrected chi connectivity index (χ2v) is 4.45. The first-order valence-electron chi connectivity index (χ1n) is 5.17. The summed E-state index contributed by atoms with van der Waals surface area (Å²) in [5, 5.41) is 0. The highest BCUT2D eigenvalue weighted by Gasteiger charge is 2.26. The van der Waals surface area contributed by atoms with Crippen molar-refractivity contribution in [1.82, 2.24) is 4.81 Å². The number of halogens is 1. The summed E-state index contributed by atoms with van der Waals surface area (Å²) < 4.78 is 1.22. The molecule has 1 aliphatic heterocycles. The fourth-order valence-corrected chi connectivity index (χ4v) is 2.54. The summed E-state index contributed by atoms with van der Waals surface area (Å²) in [4.78, 5) is 2.32. The van der Waals surface area contributed by atoms with Crippen molar-refractivity contribution in [3.05, 3.63) is 53.1 Å². The molecule has 0 N–H and O–H groups in total. The molecule has 0 amide bonds. The van der Waals surface area contributed by atoms with Gasteiger partial charge in [-0.05, 0) is 23.6 Å². The second-order valence-electron chi connectivity index (χ2n) is 3.54. The van der Waals surface area contributed by atoms with Gasteiger partial charge in [0.05, 0.1) is 0 Å². The standard InChI is InChI=1S/C12H13BBrN/c1-2-15-10-6-9-12(14)13(15)11-7-4-3-5-8-11/h3-10H,2H2,1H3. The number of rotatable bonds is 2. The lowest BCUT2D eigenvalue weighted by atomic mass is 9.53. The van der Waals surface area contributed by atoms with E-state index >= 15 is 0 Å². The minimum atomic E-state index is 0.334. The minimum absolute atomic E-state index is 0.334. The first-order chi connectivity index (χ1) is 7.33. The first kappa shape index (κ1) is 10.6. The van der Waals surface area contributed by atoms with Gasteiger partial charge in [-0.2, -0.15) is 0 Å². The van der Waals surface area contributed by atoms with E-state index in [1.54, 1.807) is 0 Å². The van der Waals surface area contributed by atoms with E-state index in [1.807, 2.05) is 0 Å². The largest absolute Gasteiger partial charge is 0.413 e. The average molecular weight is 262 g/mol. The molecular formula is C12H13BBrN. The van der Waals surface area contributed by atoms with Crippen LogP contribution in [-0.4, -0.2) is 18.2 Å². The van der Waals surface area contributed by atoms with Crippen LogP contribution in [0, 0.1) is 0 Å². The van der Waals surface area contributed by atoms with Gasteiger partial charge in [0.25, 0.3) is 0 Å². The minimum Gasteiger partial charge on any atom is -0.413 e. The molecule has 2 rings (SSSR count). The molecule has 0 aromatic heterocycles. The van der Waals surface area contributed by atoms with Crippen molar-refractivity contribution in [3.63, 3.8) is 0 Å². The van der Waals surface area contributed by atoms with E-state index in [-0.39, 0.29) is 0 Å². The van der Waals surface area contributed by atoms with Crippen LogP contribution in [0.2, 0.25) is 0 Å². The monoisotopic (exact) mass is 261 g/mol. The highest BCUT2D eigenvalue weighted by Crippen LogP contribution is 2.18. The zero-order valence-corrected chi connectivity index (χ0v) is 10.3. The lowest BCUT2D eigenvalue weighted by Crippen LogP contribution is -2.46. The predicted molar refractivity (Wildman–Crippen MR) is 70.4 cm³/mol. The van der Waals surface area contributed by atoms with Crippen LogP contribution in [0.25, 0.3) is 0 Å². The van der Waals surface area contributed by atoms with E-state index in [0.717, 1.165) is 6.54 Å². The van der Waals surface area contributed by atoms with Gasteiger partial charge >= 0.3 is 6.85 Å². The molecule has 0 spiro atoms. The third-order valence-electron chi connectivity index (χ3n) is 2.61. The average Bonchev–Trinajstić information content (AvgIpc) is 2.29. The van der Waals surface area contributed by atoms with Gasteiger partial charge in [0.1, 0.15) is 0 Å². The van der Waals surface area contributed by atoms with Gasteiger partial charge in [0.2, 0.25) is 0 Å². The summed E-state index contributed by atoms with van der Waals surface area (Å²) in [6.45, 7) is 3.52. The number of benzene rings is 1. The van der Waals surface area contributed by atoms with Crippen molar-refractivity contribution in [3.8, 4) is 0 Å². The maximum absolute atomic E-state index is 3.64. The van der Waals surface area contributed by atoms with E-state index in [0.29, 0.717) is 6.85 Å². The van der Waals surface area contributed by atoms with Crippen LogP contribution >= 0.6 is 15.9 Å². The van der Waals surface area contributed by atoms with Gasteiger partial charge in [-0.3, -0.25) is 0 Å². The Hall–Kier alpha value is -0.955. The highest BCUT2D eigenvalue weighted by atomic mass is 79.9. The predicted octanol–water partition coefficient (Wildman–Crippen LogP) is 2.55. The Morgan fingerprint density at radius 2 is 2.00 bits per heavy atom. The summed E-state index contributed by atoms with van der Waals surface area (Å²) in [6.07, 6.45) is 6.33. The second kappa shape index (κ2) is 4.71. The van der Waals surface area contributed by atoms with Gasteiger partial charge in [0, 0.05) is 6.54 Å². The quantitative estimate of drug-likeness (QED) is 0.740. The van der Waals surface area contributed by atoms with E-state index in [9.17, 15) is 0 Å². The lowest BCUT2D eigenvalue weighted by molar-refractivity contribution is 0.616. The number of hydrogen-bond donors (Lipinski definition) is 0. The van der Waals surface area contributed by atoms with E-state index < -0.39 is 0 Å². The van der Waals surface area contributed by atoms with Gasteiger partial charge in [-0.1, -0.05) is 57.8 Å². The lowest BCUT2D eigenvalue weighted by Gasteiger charge is -2.29. The molecule has 1 nitrogen and oxygen atoms in total. The third-order valence-corrected chi connectivity index (χ3v) is 3.30. The summed E-state index contributed by atoms with van der Waals surface area (Å²) in [5.41, 5.74) is 1.33. The van der Waals surface area contributed by atoms with Gasteiger partial charge in [-0.25, -0.2) is 0 Å². The molecule has 0 fully saturated rings. The smallest absolute Gasteiger partial charge is 0.330 e. The Morgan fingerprint density at radius 3 is 2.67 bits per heavy atom. The van der Waals surface area contributed by atoms with E-state index in [4.69, 9.17) is 0 Å². The van der Waals surface area contributed by atoms with Crippen molar-refractivity contribution in [2.75, 3.05) is 6.54 Å². The van der Waals surface area contributed by atoms with Crippen LogP contribution in [0.4, 0.5) is 0 Å². The Labute approximate surface area is 99.7 Å². The number of allylic oxidation sites excluding steroid dienone is 2. The summed E-state index contributed by atoms with van der Waals surface area (Å²) in [7, 11) is 0. The van der Waals surface area contributed by atoms with Crippen LogP contribution < -0.4 is 5.46 Å². The van der Waals surface area contributed by atoms with Gasteiger partial charge in [0.15, 0.2) is 0 Å². The van der Waals surface area contributed by atoms with Crippen LogP contribution in [-0.2, 0) is 0 Å². The molecule has 1 aromatic rings. The van der Waals surface area contributed by atoms with Crippen molar-refractivity contribution >= 4 is 28.2 Å². The van der Waals surface area contributed by atoms with Gasteiger partial charge < -0.3 is 4.81 Å². The fraction of sp³-hybridized carbons (Fsp3) is 0.167. The molecule has 1 aromatic carbocycles. The van der Waals surface area contributed by atoms with Crippen molar-refractivity contribution < 1.29 is 0 Å². The Kier molecular flexibility index (Phi) is 3.32. The molecule has 1 heterocycles. The molecular weight excluding hydrogens is 249 g/mol. The molecule has 76 valence electrons. The summed E-state index contributed by atoms with van der Waals surface area (Å²) in [5.74, 6) is 0. The summed E-state index contributed by atoms with van der Waals surface area (Å²) in [6, 6.07) is 10.6. The first-order valence-corrected chi connectivity index (χ1v) is 5.97. The molecule has 0 saturated carbocycles. The fourth-order valence-electron chi connectivity index (χ4n) is 1.86. The molecule has 0 aliphatic carbocycles. The molecule has 0 atom stereocenters. The maximum Gasteiger partial charge on any atom is 0.330 e. The van der Waals surface area contributed by atoms with Crippen LogP contribution in [0.3, 0.4) is 0 Å². The molecule has 0 saturated heterocycles. The third kappa shape index (κ3) is 2.18. The molecule has 15 heavy (non-hydrogen) atoms. The van der Waals surface area contributed by atoms with Crippen molar-refractivity contribution in [2.24, 2.45) is 0 Å². The molecule has 3 heteroatoms. The summed E-state index contributed by atoms with van der Waals surface area (Å²) >= 11 is 3.64. The molecule has 1 aliphatic rings. The molecule has 0 unspecified atom stereocenters. The number of hydrogen-bond acceptors (Lipinski definition) is 1. The van der Waals surface area contributed by atoms with Gasteiger partial charge in [-0.15, -0.1) is 0 Å². The molecule has 0 bridgehead atoms. The van der Waals surface area contributed by atoms with E-state index in [1.165, 1.54) is 9.84 Å². The Bertz CT molecular complexity index is 386. The Balaban J connectivity index is 2.34. The van der Waals surface area contributed by atoms with Crippen molar-refractivity contribution in [1.29, 1.82) is 0 Å². The molecule has 0 radical (unpaired) electrons.